The van der Waals surface area contributed by atoms with Gasteiger partial charge in [0.1, 0.15) is 11.6 Å². The van der Waals surface area contributed by atoms with E-state index < -0.39 is 11.9 Å². The molecule has 2 aliphatic carbocycles. The molecule has 0 spiro atoms. The number of carboxylic acids is 2. The molecule has 6 rings (SSSR count). The quantitative estimate of drug-likeness (QED) is 0.0737. The van der Waals surface area contributed by atoms with E-state index in [0.29, 0.717) is 12.1 Å². The van der Waals surface area contributed by atoms with Crippen LogP contribution in [0.4, 0.5) is 11.6 Å². The number of anilines is 2. The summed E-state index contributed by atoms with van der Waals surface area (Å²) in [5.74, 6) is 0.373. The van der Waals surface area contributed by atoms with Crippen molar-refractivity contribution in [3.63, 3.8) is 0 Å². The summed E-state index contributed by atoms with van der Waals surface area (Å²) in [4.78, 5) is 45.9. The molecule has 10 heteroatoms. The molecule has 2 aromatic carbocycles. The van der Waals surface area contributed by atoms with E-state index in [2.05, 4.69) is 98.2 Å². The lowest BCUT2D eigenvalue weighted by Gasteiger charge is -2.28. The molecule has 62 heavy (non-hydrogen) atoms. The number of carbonyl (C=O) groups is 2. The second-order valence-corrected chi connectivity index (χ2v) is 16.6. The fourth-order valence-corrected chi connectivity index (χ4v) is 7.73. The monoisotopic (exact) mass is 839 g/mol. The fourth-order valence-electron chi connectivity index (χ4n) is 7.73. The maximum atomic E-state index is 10.7. The Morgan fingerprint density at radius 2 is 0.919 bits per heavy atom. The third-order valence-electron chi connectivity index (χ3n) is 11.1. The van der Waals surface area contributed by atoms with Crippen LogP contribution in [-0.2, 0) is 9.59 Å². The maximum absolute atomic E-state index is 10.7. The molecule has 2 aliphatic rings. The minimum atomic E-state index is -0.712. The lowest BCUT2D eigenvalue weighted by Crippen LogP contribution is -2.33. The molecular formula is C52H66N6O4. The molecule has 0 saturated carbocycles. The van der Waals surface area contributed by atoms with E-state index in [4.69, 9.17) is 30.1 Å². The molecule has 0 fully saturated rings. The molecule has 2 N–H and O–H groups in total. The molecule has 0 aliphatic heterocycles. The Morgan fingerprint density at radius 3 is 1.26 bits per heavy atom. The van der Waals surface area contributed by atoms with Crippen molar-refractivity contribution in [2.45, 2.75) is 130 Å². The average molecular weight is 839 g/mol. The molecule has 0 radical (unpaired) electrons. The summed E-state index contributed by atoms with van der Waals surface area (Å²) in [7, 11) is 0. The summed E-state index contributed by atoms with van der Waals surface area (Å²) in [5, 5.41) is 17.6. The first kappa shape index (κ1) is 47.2. The molecule has 0 saturated heterocycles. The first-order chi connectivity index (χ1) is 30.1. The summed E-state index contributed by atoms with van der Waals surface area (Å²) in [6.45, 7) is 10.5. The number of hydrogen-bond acceptors (Lipinski definition) is 8. The van der Waals surface area contributed by atoms with Crippen LogP contribution in [0.1, 0.15) is 129 Å². The smallest absolute Gasteiger partial charge is 0.303 e. The maximum Gasteiger partial charge on any atom is 0.303 e. The lowest BCUT2D eigenvalue weighted by molar-refractivity contribution is -0.138. The Balaban J connectivity index is 0.000000234. The van der Waals surface area contributed by atoms with Crippen LogP contribution >= 0.6 is 0 Å². The van der Waals surface area contributed by atoms with Crippen LogP contribution in [0.5, 0.6) is 0 Å². The second kappa shape index (κ2) is 25.1. The SMILES string of the molecule is CC(C)N(CCCCCCC(=O)O)c1cnc(-c2ccccc2)c(C2=CCCC=C2)n1.CC(C)N(CCCCCCC(=O)O)c1cnc(-c2ccccc2)c(C2=CCCC=C2)n1. The van der Waals surface area contributed by atoms with Crippen molar-refractivity contribution in [3.05, 3.63) is 121 Å². The predicted octanol–water partition coefficient (Wildman–Crippen LogP) is 12.3. The van der Waals surface area contributed by atoms with Gasteiger partial charge < -0.3 is 20.0 Å². The summed E-state index contributed by atoms with van der Waals surface area (Å²) in [5.41, 5.74) is 8.13. The van der Waals surface area contributed by atoms with Crippen molar-refractivity contribution in [2.24, 2.45) is 0 Å². The van der Waals surface area contributed by atoms with Crippen LogP contribution in [0.15, 0.2) is 110 Å². The highest BCUT2D eigenvalue weighted by atomic mass is 16.4. The molecule has 10 nitrogen and oxygen atoms in total. The summed E-state index contributed by atoms with van der Waals surface area (Å²) >= 11 is 0. The zero-order valence-corrected chi connectivity index (χ0v) is 37.3. The minimum Gasteiger partial charge on any atom is -0.481 e. The van der Waals surface area contributed by atoms with Crippen LogP contribution in [0.25, 0.3) is 33.7 Å². The standard InChI is InChI=1S/2C26H33N3O2/c2*1-20(2)29(18-12-4-3-11-17-24(30)31)23-19-27-25(21-13-7-5-8-14-21)26(28-23)22-15-9-6-10-16-22/h2*5,7-9,13-16,19-20H,3-4,6,10-12,17-18H2,1-2H3,(H,30,31). The zero-order chi connectivity index (χ0) is 44.1. The van der Waals surface area contributed by atoms with Crippen molar-refractivity contribution in [3.8, 4) is 22.5 Å². The summed E-state index contributed by atoms with van der Waals surface area (Å²) in [6, 6.07) is 21.1. The third kappa shape index (κ3) is 14.6. The van der Waals surface area contributed by atoms with Gasteiger partial charge in [0.15, 0.2) is 0 Å². The van der Waals surface area contributed by atoms with Crippen molar-refractivity contribution < 1.29 is 19.8 Å². The Bertz CT molecular complexity index is 1990. The normalized spacial score (nSPS) is 13.3. The van der Waals surface area contributed by atoms with E-state index in [1.165, 1.54) is 0 Å². The molecule has 4 aromatic rings. The van der Waals surface area contributed by atoms with E-state index in [9.17, 15) is 9.59 Å². The second-order valence-electron chi connectivity index (χ2n) is 16.6. The molecule has 2 aromatic heterocycles. The van der Waals surface area contributed by atoms with Crippen molar-refractivity contribution >= 4 is 34.7 Å². The van der Waals surface area contributed by atoms with Gasteiger partial charge >= 0.3 is 11.9 Å². The van der Waals surface area contributed by atoms with Gasteiger partial charge in [-0.15, -0.1) is 0 Å². The van der Waals surface area contributed by atoms with Gasteiger partial charge in [0.2, 0.25) is 0 Å². The zero-order valence-electron chi connectivity index (χ0n) is 37.3. The fraction of sp³-hybridized carbons (Fsp3) is 0.423. The molecule has 0 amide bonds. The van der Waals surface area contributed by atoms with Crippen LogP contribution in [0, 0.1) is 0 Å². The van der Waals surface area contributed by atoms with Crippen molar-refractivity contribution in [1.82, 2.24) is 19.9 Å². The van der Waals surface area contributed by atoms with Crippen LogP contribution < -0.4 is 9.80 Å². The van der Waals surface area contributed by atoms with Gasteiger partial charge in [0.25, 0.3) is 0 Å². The number of nitrogens with zero attached hydrogens (tertiary/aromatic N) is 6. The first-order valence-corrected chi connectivity index (χ1v) is 22.7. The highest BCUT2D eigenvalue weighted by Crippen LogP contribution is 2.33. The minimum absolute atomic E-state index is 0.256. The number of aliphatic carboxylic acids is 2. The van der Waals surface area contributed by atoms with Crippen molar-refractivity contribution in [1.29, 1.82) is 0 Å². The van der Waals surface area contributed by atoms with Crippen LogP contribution in [0.3, 0.4) is 0 Å². The van der Waals surface area contributed by atoms with E-state index in [1.54, 1.807) is 0 Å². The Morgan fingerprint density at radius 1 is 0.532 bits per heavy atom. The molecule has 2 heterocycles. The highest BCUT2D eigenvalue weighted by Gasteiger charge is 2.20. The van der Waals surface area contributed by atoms with Gasteiger partial charge in [-0.3, -0.25) is 19.6 Å². The van der Waals surface area contributed by atoms with E-state index in [0.717, 1.165) is 147 Å². The van der Waals surface area contributed by atoms with E-state index in [1.807, 2.05) is 48.8 Å². The number of allylic oxidation sites excluding steroid dienone is 8. The summed E-state index contributed by atoms with van der Waals surface area (Å²) < 4.78 is 0. The first-order valence-electron chi connectivity index (χ1n) is 22.7. The molecule has 0 unspecified atom stereocenters. The molecule has 0 atom stereocenters. The number of rotatable bonds is 22. The van der Waals surface area contributed by atoms with E-state index in [-0.39, 0.29) is 12.8 Å². The van der Waals surface area contributed by atoms with Gasteiger partial charge in [-0.2, -0.15) is 0 Å². The van der Waals surface area contributed by atoms with Crippen LogP contribution in [-0.4, -0.2) is 67.3 Å². The van der Waals surface area contributed by atoms with Gasteiger partial charge in [0, 0.05) is 49.1 Å². The lowest BCUT2D eigenvalue weighted by atomic mass is 9.99. The van der Waals surface area contributed by atoms with Gasteiger partial charge in [-0.1, -0.05) is 123 Å². The number of aromatic nitrogens is 4. The van der Waals surface area contributed by atoms with Crippen molar-refractivity contribution in [2.75, 3.05) is 22.9 Å². The number of benzene rings is 2. The average Bonchev–Trinajstić information content (AvgIpc) is 3.29. The highest BCUT2D eigenvalue weighted by molar-refractivity contribution is 5.83. The van der Waals surface area contributed by atoms with E-state index >= 15 is 0 Å². The molecular weight excluding hydrogens is 773 g/mol. The third-order valence-corrected chi connectivity index (χ3v) is 11.1. The van der Waals surface area contributed by atoms with Crippen LogP contribution in [0.2, 0.25) is 0 Å². The Hall–Kier alpha value is -5.90. The number of carboxylic acid groups (broad SMARTS) is 2. The largest absolute Gasteiger partial charge is 0.481 e. The molecule has 0 bridgehead atoms. The number of unbranched alkanes of at least 4 members (excludes halogenated alkanes) is 6. The molecule has 328 valence electrons. The van der Waals surface area contributed by atoms with Gasteiger partial charge in [-0.05, 0) is 90.2 Å². The number of hydrogen-bond donors (Lipinski definition) is 2. The van der Waals surface area contributed by atoms with Gasteiger partial charge in [0.05, 0.1) is 35.2 Å². The topological polar surface area (TPSA) is 133 Å². The van der Waals surface area contributed by atoms with Gasteiger partial charge in [-0.25, -0.2) is 9.97 Å². The Kier molecular flexibility index (Phi) is 19.1. The summed E-state index contributed by atoms with van der Waals surface area (Å²) in [6.07, 6.45) is 29.1. The Labute approximate surface area is 369 Å². The predicted molar refractivity (Wildman–Crippen MR) is 254 cm³/mol.